The second-order valence-corrected chi connectivity index (χ2v) is 5.71. The van der Waals surface area contributed by atoms with Crippen LogP contribution in [-0.4, -0.2) is 33.4 Å². The molecule has 0 spiro atoms. The van der Waals surface area contributed by atoms with Crippen LogP contribution in [0.25, 0.3) is 11.0 Å². The van der Waals surface area contributed by atoms with Crippen LogP contribution in [0, 0.1) is 5.82 Å². The highest BCUT2D eigenvalue weighted by Gasteiger charge is 2.27. The fraction of sp³-hybridized carbons (Fsp3) is 0.429. The van der Waals surface area contributed by atoms with Crippen molar-refractivity contribution < 1.29 is 9.18 Å². The first-order valence-corrected chi connectivity index (χ1v) is 7.28. The number of anilines is 1. The first-order valence-electron chi connectivity index (χ1n) is 6.90. The molecular formula is C14H16ClFN4O. The van der Waals surface area contributed by atoms with Gasteiger partial charge >= 0.3 is 0 Å². The van der Waals surface area contributed by atoms with Crippen molar-refractivity contribution in [1.29, 1.82) is 0 Å². The fourth-order valence-corrected chi connectivity index (χ4v) is 2.99. The second-order valence-electron chi connectivity index (χ2n) is 5.30. The van der Waals surface area contributed by atoms with Crippen molar-refractivity contribution in [3.63, 3.8) is 0 Å². The summed E-state index contributed by atoms with van der Waals surface area (Å²) in [6, 6.07) is 2.20. The molecule has 1 unspecified atom stereocenters. The predicted octanol–water partition coefficient (Wildman–Crippen LogP) is 2.59. The lowest BCUT2D eigenvalue weighted by Gasteiger charge is -2.22. The number of carbonyl (C=O) groups excluding carboxylic acids is 1. The molecule has 2 aromatic rings. The average molecular weight is 311 g/mol. The van der Waals surface area contributed by atoms with Crippen LogP contribution >= 0.6 is 11.6 Å². The normalized spacial score (nSPS) is 16.6. The lowest BCUT2D eigenvalue weighted by Crippen LogP contribution is -2.34. The Balaban J connectivity index is 2.04. The summed E-state index contributed by atoms with van der Waals surface area (Å²) in [5, 5.41) is -0.00975. The van der Waals surface area contributed by atoms with E-state index in [1.807, 2.05) is 4.90 Å². The zero-order valence-electron chi connectivity index (χ0n) is 11.6. The number of hydrogen-bond acceptors (Lipinski definition) is 3. The summed E-state index contributed by atoms with van der Waals surface area (Å²) in [5.41, 5.74) is 6.87. The molecule has 0 aliphatic carbocycles. The van der Waals surface area contributed by atoms with E-state index >= 15 is 0 Å². The molecule has 1 aliphatic rings. The minimum atomic E-state index is -0.549. The molecule has 3 rings (SSSR count). The number of likely N-dealkylation sites (tertiary alicyclic amines) is 1. The third-order valence-corrected chi connectivity index (χ3v) is 4.21. The molecule has 5 nitrogen and oxygen atoms in total. The summed E-state index contributed by atoms with van der Waals surface area (Å²) in [7, 11) is 0. The zero-order valence-corrected chi connectivity index (χ0v) is 12.4. The van der Waals surface area contributed by atoms with Crippen LogP contribution in [0.3, 0.4) is 0 Å². The molecule has 1 saturated heterocycles. The number of imidazole rings is 1. The minimum absolute atomic E-state index is 0.000975. The quantitative estimate of drug-likeness (QED) is 0.927. The summed E-state index contributed by atoms with van der Waals surface area (Å²) >= 11 is 5.83. The number of carbonyl (C=O) groups is 1. The van der Waals surface area contributed by atoms with Gasteiger partial charge in [0, 0.05) is 19.2 Å². The van der Waals surface area contributed by atoms with Gasteiger partial charge in [0.05, 0.1) is 16.1 Å². The van der Waals surface area contributed by atoms with Crippen LogP contribution in [0.15, 0.2) is 12.1 Å². The maximum atomic E-state index is 13.5. The van der Waals surface area contributed by atoms with Gasteiger partial charge in [-0.3, -0.25) is 9.36 Å². The van der Waals surface area contributed by atoms with Crippen molar-refractivity contribution in [2.45, 2.75) is 25.8 Å². The van der Waals surface area contributed by atoms with E-state index in [1.54, 1.807) is 11.5 Å². The maximum absolute atomic E-state index is 13.5. The molecule has 1 aromatic heterocycles. The van der Waals surface area contributed by atoms with E-state index in [4.69, 9.17) is 17.3 Å². The number of rotatable bonds is 2. The number of nitrogens with two attached hydrogens (primary N) is 1. The van der Waals surface area contributed by atoms with E-state index in [-0.39, 0.29) is 16.9 Å². The molecule has 7 heteroatoms. The number of benzene rings is 1. The first-order chi connectivity index (χ1) is 9.99. The molecule has 21 heavy (non-hydrogen) atoms. The van der Waals surface area contributed by atoms with Crippen LogP contribution in [0.2, 0.25) is 5.02 Å². The van der Waals surface area contributed by atoms with Gasteiger partial charge in [0.2, 0.25) is 11.9 Å². The van der Waals surface area contributed by atoms with Crippen LogP contribution in [-0.2, 0) is 4.79 Å². The lowest BCUT2D eigenvalue weighted by atomic mass is 10.2. The van der Waals surface area contributed by atoms with E-state index in [1.165, 1.54) is 12.1 Å². The Labute approximate surface area is 126 Å². The number of fused-ring (bicyclic) bond motifs is 1. The van der Waals surface area contributed by atoms with Crippen LogP contribution in [0.1, 0.15) is 25.8 Å². The van der Waals surface area contributed by atoms with Gasteiger partial charge in [-0.25, -0.2) is 9.37 Å². The molecule has 1 aromatic carbocycles. The van der Waals surface area contributed by atoms with E-state index in [2.05, 4.69) is 4.98 Å². The minimum Gasteiger partial charge on any atom is -0.369 e. The lowest BCUT2D eigenvalue weighted by molar-refractivity contribution is -0.133. The topological polar surface area (TPSA) is 64.2 Å². The van der Waals surface area contributed by atoms with Gasteiger partial charge in [0.15, 0.2) is 0 Å². The number of hydrogen-bond donors (Lipinski definition) is 1. The van der Waals surface area contributed by atoms with Gasteiger partial charge in [-0.15, -0.1) is 0 Å². The Hall–Kier alpha value is -1.82. The Morgan fingerprint density at radius 3 is 2.76 bits per heavy atom. The van der Waals surface area contributed by atoms with Gasteiger partial charge in [-0.1, -0.05) is 11.6 Å². The van der Waals surface area contributed by atoms with Crippen molar-refractivity contribution in [1.82, 2.24) is 14.5 Å². The smallest absolute Gasteiger partial charge is 0.245 e. The molecule has 0 radical (unpaired) electrons. The van der Waals surface area contributed by atoms with Crippen LogP contribution in [0.4, 0.5) is 10.3 Å². The predicted molar refractivity (Wildman–Crippen MR) is 79.6 cm³/mol. The monoisotopic (exact) mass is 310 g/mol. The van der Waals surface area contributed by atoms with Gasteiger partial charge in [0.1, 0.15) is 11.9 Å². The van der Waals surface area contributed by atoms with E-state index in [0.717, 1.165) is 25.9 Å². The molecule has 1 fully saturated rings. The molecular weight excluding hydrogens is 295 g/mol. The van der Waals surface area contributed by atoms with Gasteiger partial charge in [-0.05, 0) is 25.8 Å². The van der Waals surface area contributed by atoms with Gasteiger partial charge in [0.25, 0.3) is 0 Å². The third kappa shape index (κ3) is 2.33. The Morgan fingerprint density at radius 2 is 2.10 bits per heavy atom. The Kier molecular flexibility index (Phi) is 3.49. The maximum Gasteiger partial charge on any atom is 0.245 e. The molecule has 2 heterocycles. The first kappa shape index (κ1) is 14.1. The summed E-state index contributed by atoms with van der Waals surface area (Å²) in [6.07, 6.45) is 2.05. The number of halogens is 2. The molecule has 1 amide bonds. The highest BCUT2D eigenvalue weighted by atomic mass is 35.5. The van der Waals surface area contributed by atoms with E-state index in [9.17, 15) is 9.18 Å². The number of nitrogens with zero attached hydrogens (tertiary/aromatic N) is 3. The molecule has 2 N–H and O–H groups in total. The molecule has 112 valence electrons. The second kappa shape index (κ2) is 5.18. The summed E-state index contributed by atoms with van der Waals surface area (Å²) < 4.78 is 15.1. The highest BCUT2D eigenvalue weighted by molar-refractivity contribution is 6.31. The molecule has 0 saturated carbocycles. The largest absolute Gasteiger partial charge is 0.369 e. The fourth-order valence-electron chi connectivity index (χ4n) is 2.83. The Morgan fingerprint density at radius 1 is 1.43 bits per heavy atom. The van der Waals surface area contributed by atoms with Crippen LogP contribution < -0.4 is 5.73 Å². The number of aromatic nitrogens is 2. The van der Waals surface area contributed by atoms with Gasteiger partial charge in [-0.2, -0.15) is 0 Å². The van der Waals surface area contributed by atoms with Crippen molar-refractivity contribution >= 4 is 34.5 Å². The standard InChI is InChI=1S/C14H16ClFN4O/c1-8(13(21)19-4-2-3-5-19)20-12-6-9(15)10(16)7-11(12)18-14(20)17/h6-8H,2-5H2,1H3,(H2,17,18). The molecule has 1 atom stereocenters. The van der Waals surface area contributed by atoms with Crippen molar-refractivity contribution in [2.75, 3.05) is 18.8 Å². The molecule has 1 aliphatic heterocycles. The molecule has 0 bridgehead atoms. The highest BCUT2D eigenvalue weighted by Crippen LogP contribution is 2.28. The summed E-state index contributed by atoms with van der Waals surface area (Å²) in [6.45, 7) is 3.31. The summed E-state index contributed by atoms with van der Waals surface area (Å²) in [4.78, 5) is 18.4. The number of nitrogen functional groups attached to an aromatic ring is 1. The van der Waals surface area contributed by atoms with Crippen molar-refractivity contribution in [3.05, 3.63) is 23.0 Å². The Bertz CT molecular complexity index is 709. The zero-order chi connectivity index (χ0) is 15.1. The van der Waals surface area contributed by atoms with Crippen LogP contribution in [0.5, 0.6) is 0 Å². The number of amides is 1. The SMILES string of the molecule is CC(C(=O)N1CCCC1)n1c(N)nc2cc(F)c(Cl)cc21. The summed E-state index contributed by atoms with van der Waals surface area (Å²) in [5.74, 6) is -0.363. The van der Waals surface area contributed by atoms with Gasteiger partial charge < -0.3 is 10.6 Å². The van der Waals surface area contributed by atoms with E-state index < -0.39 is 11.9 Å². The third-order valence-electron chi connectivity index (χ3n) is 3.92. The van der Waals surface area contributed by atoms with Crippen molar-refractivity contribution in [2.24, 2.45) is 0 Å². The average Bonchev–Trinajstić information content (AvgIpc) is 3.06. The van der Waals surface area contributed by atoms with E-state index in [0.29, 0.717) is 11.0 Å². The van der Waals surface area contributed by atoms with Crippen molar-refractivity contribution in [3.8, 4) is 0 Å².